The van der Waals surface area contributed by atoms with E-state index in [2.05, 4.69) is 9.80 Å². The molecule has 2 amide bonds. The van der Waals surface area contributed by atoms with Crippen molar-refractivity contribution in [2.24, 2.45) is 0 Å². The Morgan fingerprint density at radius 2 is 1.64 bits per heavy atom. The van der Waals surface area contributed by atoms with E-state index in [1.54, 1.807) is 31.4 Å². The fourth-order valence-electron chi connectivity index (χ4n) is 3.87. The number of halogens is 1. The van der Waals surface area contributed by atoms with Gasteiger partial charge in [0.1, 0.15) is 5.75 Å². The summed E-state index contributed by atoms with van der Waals surface area (Å²) in [6, 6.07) is 14.5. The van der Waals surface area contributed by atoms with Crippen molar-refractivity contribution in [3.63, 3.8) is 0 Å². The number of nitrogens with zero attached hydrogens (tertiary/aromatic N) is 3. The minimum absolute atomic E-state index is 0.184. The molecule has 2 aliphatic heterocycles. The number of carbonyl (C=O) groups excluding carboxylic acids is 2. The van der Waals surface area contributed by atoms with E-state index < -0.39 is 6.04 Å². The molecule has 146 valence electrons. The second kappa shape index (κ2) is 7.81. The molecule has 7 heteroatoms. The predicted octanol–water partition coefficient (Wildman–Crippen LogP) is 2.80. The molecule has 0 radical (unpaired) electrons. The molecule has 28 heavy (non-hydrogen) atoms. The van der Waals surface area contributed by atoms with Crippen molar-refractivity contribution in [1.29, 1.82) is 0 Å². The Hall–Kier alpha value is -2.57. The third-order valence-corrected chi connectivity index (χ3v) is 5.73. The molecule has 0 bridgehead atoms. The average molecular weight is 400 g/mol. The molecule has 0 aliphatic carbocycles. The maximum atomic E-state index is 13.0. The van der Waals surface area contributed by atoms with Crippen molar-refractivity contribution < 1.29 is 14.3 Å². The molecule has 0 unspecified atom stereocenters. The van der Waals surface area contributed by atoms with Crippen molar-refractivity contribution in [2.45, 2.75) is 12.5 Å². The summed E-state index contributed by atoms with van der Waals surface area (Å²) in [5.41, 5.74) is 1.60. The molecule has 4 rings (SSSR count). The number of carbonyl (C=O) groups is 2. The van der Waals surface area contributed by atoms with Gasteiger partial charge in [-0.15, -0.1) is 0 Å². The Kier molecular flexibility index (Phi) is 5.24. The lowest BCUT2D eigenvalue weighted by Crippen LogP contribution is -2.52. The highest BCUT2D eigenvalue weighted by atomic mass is 35.5. The zero-order chi connectivity index (χ0) is 19.7. The van der Waals surface area contributed by atoms with Gasteiger partial charge in [-0.25, -0.2) is 4.90 Å². The Bertz CT molecular complexity index is 879. The first kappa shape index (κ1) is 18.8. The summed E-state index contributed by atoms with van der Waals surface area (Å²) in [6.45, 7) is 3.06. The van der Waals surface area contributed by atoms with Crippen molar-refractivity contribution in [3.8, 4) is 5.75 Å². The topological polar surface area (TPSA) is 53.1 Å². The van der Waals surface area contributed by atoms with Crippen molar-refractivity contribution in [3.05, 3.63) is 53.6 Å². The largest absolute Gasteiger partial charge is 0.497 e. The van der Waals surface area contributed by atoms with Gasteiger partial charge < -0.3 is 9.64 Å². The van der Waals surface area contributed by atoms with Crippen LogP contribution < -0.4 is 14.5 Å². The predicted molar refractivity (Wildman–Crippen MR) is 109 cm³/mol. The number of hydrogen-bond acceptors (Lipinski definition) is 5. The number of methoxy groups -OCH3 is 1. The van der Waals surface area contributed by atoms with Crippen LogP contribution in [-0.2, 0) is 9.59 Å². The van der Waals surface area contributed by atoms with Gasteiger partial charge in [-0.2, -0.15) is 0 Å². The number of rotatable bonds is 4. The molecule has 0 spiro atoms. The molecule has 1 atom stereocenters. The minimum atomic E-state index is -0.415. The summed E-state index contributed by atoms with van der Waals surface area (Å²) in [4.78, 5) is 31.1. The van der Waals surface area contributed by atoms with Crippen LogP contribution in [0.2, 0.25) is 5.02 Å². The maximum absolute atomic E-state index is 13.0. The van der Waals surface area contributed by atoms with Crippen molar-refractivity contribution in [2.75, 3.05) is 43.1 Å². The number of benzene rings is 2. The van der Waals surface area contributed by atoms with E-state index in [4.69, 9.17) is 16.3 Å². The number of ether oxygens (including phenoxy) is 1. The van der Waals surface area contributed by atoms with Crippen LogP contribution in [0.25, 0.3) is 0 Å². The monoisotopic (exact) mass is 399 g/mol. The maximum Gasteiger partial charge on any atom is 0.251 e. The Labute approximate surface area is 169 Å². The van der Waals surface area contributed by atoms with Gasteiger partial charge in [0.15, 0.2) is 0 Å². The summed E-state index contributed by atoms with van der Waals surface area (Å²) in [7, 11) is 1.65. The normalized spacial score (nSPS) is 20.7. The lowest BCUT2D eigenvalue weighted by molar-refractivity contribution is -0.123. The number of hydrogen-bond donors (Lipinski definition) is 0. The van der Waals surface area contributed by atoms with Crippen molar-refractivity contribution >= 4 is 34.8 Å². The highest BCUT2D eigenvalue weighted by molar-refractivity contribution is 6.36. The molecule has 2 saturated heterocycles. The fraction of sp³-hybridized carbons (Fsp3) is 0.333. The number of piperazine rings is 1. The van der Waals surface area contributed by atoms with Gasteiger partial charge in [0.25, 0.3) is 5.91 Å². The van der Waals surface area contributed by atoms with E-state index in [0.717, 1.165) is 37.6 Å². The molecule has 2 heterocycles. The van der Waals surface area contributed by atoms with E-state index in [-0.39, 0.29) is 18.2 Å². The minimum Gasteiger partial charge on any atom is -0.497 e. The second-order valence-electron chi connectivity index (χ2n) is 6.96. The van der Waals surface area contributed by atoms with Crippen molar-refractivity contribution in [1.82, 2.24) is 4.90 Å². The molecule has 6 nitrogen and oxygen atoms in total. The smallest absolute Gasteiger partial charge is 0.251 e. The highest BCUT2D eigenvalue weighted by Gasteiger charge is 2.43. The molecular weight excluding hydrogens is 378 g/mol. The van der Waals surface area contributed by atoms with Gasteiger partial charge in [-0.1, -0.05) is 23.7 Å². The standard InChI is InChI=1S/C21H22ClN3O3/c1-28-16-8-6-15(7-9-16)23-10-12-24(13-11-23)19-14-20(26)25(21(19)27)18-5-3-2-4-17(18)22/h2-9,19H,10-14H2,1H3/t19-/m0/s1. The molecular formula is C21H22ClN3O3. The highest BCUT2D eigenvalue weighted by Crippen LogP contribution is 2.32. The summed E-state index contributed by atoms with van der Waals surface area (Å²) in [5, 5.41) is 0.411. The van der Waals surface area contributed by atoms with Crippen LogP contribution in [0, 0.1) is 0 Å². The lowest BCUT2D eigenvalue weighted by Gasteiger charge is -2.38. The number of para-hydroxylation sites is 1. The first-order valence-electron chi connectivity index (χ1n) is 9.33. The molecule has 2 fully saturated rings. The summed E-state index contributed by atoms with van der Waals surface area (Å²) in [6.07, 6.45) is 0.201. The van der Waals surface area contributed by atoms with Gasteiger partial charge >= 0.3 is 0 Å². The van der Waals surface area contributed by atoms with Gasteiger partial charge in [-0.3, -0.25) is 14.5 Å². The third kappa shape index (κ3) is 3.45. The summed E-state index contributed by atoms with van der Waals surface area (Å²) >= 11 is 6.20. The Morgan fingerprint density at radius 1 is 0.964 bits per heavy atom. The SMILES string of the molecule is COc1ccc(N2CCN([C@H]3CC(=O)N(c4ccccc4Cl)C3=O)CC2)cc1. The van der Waals surface area contributed by atoms with Gasteiger partial charge in [0, 0.05) is 31.9 Å². The lowest BCUT2D eigenvalue weighted by atomic mass is 10.1. The molecule has 0 N–H and O–H groups in total. The number of amides is 2. The molecule has 0 aromatic heterocycles. The van der Waals surface area contributed by atoms with Crippen LogP contribution in [-0.4, -0.2) is 56.0 Å². The summed E-state index contributed by atoms with van der Waals surface area (Å²) in [5.74, 6) is 0.453. The molecule has 0 saturated carbocycles. The Balaban J connectivity index is 1.43. The first-order chi connectivity index (χ1) is 13.6. The van der Waals surface area contributed by atoms with Gasteiger partial charge in [-0.05, 0) is 36.4 Å². The van der Waals surface area contributed by atoms with Crippen LogP contribution >= 0.6 is 11.6 Å². The molecule has 2 aliphatic rings. The first-order valence-corrected chi connectivity index (χ1v) is 9.70. The molecule has 2 aromatic rings. The third-order valence-electron chi connectivity index (χ3n) is 5.41. The quantitative estimate of drug-likeness (QED) is 0.740. The number of anilines is 2. The fourth-order valence-corrected chi connectivity index (χ4v) is 4.09. The van der Waals surface area contributed by atoms with E-state index in [0.29, 0.717) is 10.7 Å². The van der Waals surface area contributed by atoms with Crippen LogP contribution in [0.4, 0.5) is 11.4 Å². The van der Waals surface area contributed by atoms with Gasteiger partial charge in [0.2, 0.25) is 5.91 Å². The Morgan fingerprint density at radius 3 is 2.29 bits per heavy atom. The zero-order valence-corrected chi connectivity index (χ0v) is 16.4. The zero-order valence-electron chi connectivity index (χ0n) is 15.7. The molecule has 2 aromatic carbocycles. The average Bonchev–Trinajstić information content (AvgIpc) is 3.03. The van der Waals surface area contributed by atoms with E-state index in [9.17, 15) is 9.59 Å². The van der Waals surface area contributed by atoms with Crippen LogP contribution in [0.15, 0.2) is 48.5 Å². The van der Waals surface area contributed by atoms with Gasteiger partial charge in [0.05, 0.1) is 30.3 Å². The number of imide groups is 1. The van der Waals surface area contributed by atoms with Crippen LogP contribution in [0.3, 0.4) is 0 Å². The summed E-state index contributed by atoms with van der Waals surface area (Å²) < 4.78 is 5.21. The second-order valence-corrected chi connectivity index (χ2v) is 7.37. The van der Waals surface area contributed by atoms with E-state index >= 15 is 0 Å². The van der Waals surface area contributed by atoms with Crippen LogP contribution in [0.1, 0.15) is 6.42 Å². The van der Waals surface area contributed by atoms with Crippen LogP contribution in [0.5, 0.6) is 5.75 Å². The van der Waals surface area contributed by atoms with E-state index in [1.807, 2.05) is 24.3 Å². The van der Waals surface area contributed by atoms with E-state index in [1.165, 1.54) is 4.90 Å².